The van der Waals surface area contributed by atoms with Crippen molar-refractivity contribution < 1.29 is 13.2 Å². The lowest BCUT2D eigenvalue weighted by atomic mass is 10.3. The zero-order valence-corrected chi connectivity index (χ0v) is 11.8. The van der Waals surface area contributed by atoms with Gasteiger partial charge in [-0.2, -0.15) is 9.97 Å². The van der Waals surface area contributed by atoms with E-state index in [1.165, 1.54) is 30.6 Å². The maximum atomic E-state index is 11.4. The van der Waals surface area contributed by atoms with Crippen LogP contribution in [0.5, 0.6) is 11.6 Å². The smallest absolute Gasteiger partial charge is 0.250 e. The van der Waals surface area contributed by atoms with Gasteiger partial charge in [-0.25, -0.2) is 13.4 Å². The maximum Gasteiger partial charge on any atom is 0.250 e. The van der Waals surface area contributed by atoms with Crippen molar-refractivity contribution in [3.05, 3.63) is 30.6 Å². The zero-order valence-electron chi connectivity index (χ0n) is 10.9. The Labute approximate surface area is 119 Å². The van der Waals surface area contributed by atoms with Crippen LogP contribution in [0.25, 0.3) is 11.2 Å². The molecule has 0 radical (unpaired) electrons. The van der Waals surface area contributed by atoms with E-state index in [0.29, 0.717) is 16.9 Å². The fourth-order valence-electron chi connectivity index (χ4n) is 1.76. The number of fused-ring (bicyclic) bond motifs is 1. The SMILES string of the molecule is CS(=O)(=O)c1ccc(Oc2nc(N)nc3nc[nH]c23)cc1. The van der Waals surface area contributed by atoms with Gasteiger partial charge in [0.1, 0.15) is 11.3 Å². The third-order valence-corrected chi connectivity index (χ3v) is 3.86. The highest BCUT2D eigenvalue weighted by molar-refractivity contribution is 7.90. The van der Waals surface area contributed by atoms with Gasteiger partial charge in [0.15, 0.2) is 15.5 Å². The number of nitrogens with one attached hydrogen (secondary N) is 1. The van der Waals surface area contributed by atoms with Crippen LogP contribution in [0.15, 0.2) is 35.5 Å². The number of ether oxygens (including phenoxy) is 1. The summed E-state index contributed by atoms with van der Waals surface area (Å²) in [4.78, 5) is 15.0. The summed E-state index contributed by atoms with van der Waals surface area (Å²) >= 11 is 0. The van der Waals surface area contributed by atoms with Crippen LogP contribution >= 0.6 is 0 Å². The number of anilines is 1. The second-order valence-corrected chi connectivity index (χ2v) is 6.35. The predicted molar refractivity (Wildman–Crippen MR) is 75.7 cm³/mol. The number of nitrogens with zero attached hydrogens (tertiary/aromatic N) is 3. The molecule has 0 aliphatic rings. The Morgan fingerprint density at radius 1 is 1.19 bits per heavy atom. The second-order valence-electron chi connectivity index (χ2n) is 4.33. The number of hydrogen-bond acceptors (Lipinski definition) is 7. The van der Waals surface area contributed by atoms with Crippen molar-refractivity contribution in [2.24, 2.45) is 0 Å². The molecule has 0 aliphatic heterocycles. The summed E-state index contributed by atoms with van der Waals surface area (Å²) in [6, 6.07) is 5.99. The molecule has 1 aromatic carbocycles. The normalized spacial score (nSPS) is 11.7. The van der Waals surface area contributed by atoms with Crippen LogP contribution in [0.4, 0.5) is 5.95 Å². The Balaban J connectivity index is 1.97. The van der Waals surface area contributed by atoms with Crippen LogP contribution in [0.3, 0.4) is 0 Å². The molecule has 0 amide bonds. The van der Waals surface area contributed by atoms with Crippen LogP contribution < -0.4 is 10.5 Å². The molecule has 3 rings (SSSR count). The molecular weight excluding hydrogens is 294 g/mol. The van der Waals surface area contributed by atoms with Gasteiger partial charge in [-0.1, -0.05) is 0 Å². The first kappa shape index (κ1) is 13.3. The number of benzene rings is 1. The first-order valence-electron chi connectivity index (χ1n) is 5.88. The summed E-state index contributed by atoms with van der Waals surface area (Å²) in [6.07, 6.45) is 2.60. The lowest BCUT2D eigenvalue weighted by Crippen LogP contribution is -1.99. The van der Waals surface area contributed by atoms with Gasteiger partial charge in [-0.3, -0.25) is 0 Å². The summed E-state index contributed by atoms with van der Waals surface area (Å²) in [5.41, 5.74) is 6.49. The number of aromatic nitrogens is 4. The number of imidazole rings is 1. The zero-order chi connectivity index (χ0) is 15.0. The van der Waals surface area contributed by atoms with Gasteiger partial charge >= 0.3 is 0 Å². The number of H-pyrrole nitrogens is 1. The van der Waals surface area contributed by atoms with Gasteiger partial charge in [-0.05, 0) is 24.3 Å². The fraction of sp³-hybridized carbons (Fsp3) is 0.0833. The molecule has 0 saturated heterocycles. The van der Waals surface area contributed by atoms with E-state index in [0.717, 1.165) is 6.26 Å². The molecule has 0 saturated carbocycles. The number of rotatable bonds is 3. The van der Waals surface area contributed by atoms with Crippen molar-refractivity contribution in [2.75, 3.05) is 12.0 Å². The highest BCUT2D eigenvalue weighted by Crippen LogP contribution is 2.26. The Bertz CT molecular complexity index is 902. The molecule has 0 spiro atoms. The summed E-state index contributed by atoms with van der Waals surface area (Å²) in [6.45, 7) is 0. The van der Waals surface area contributed by atoms with Gasteiger partial charge in [0.05, 0.1) is 11.2 Å². The monoisotopic (exact) mass is 305 g/mol. The highest BCUT2D eigenvalue weighted by Gasteiger charge is 2.12. The average molecular weight is 305 g/mol. The van der Waals surface area contributed by atoms with E-state index in [2.05, 4.69) is 19.9 Å². The number of nitrogens with two attached hydrogens (primary N) is 1. The Kier molecular flexibility index (Phi) is 2.98. The third kappa shape index (κ3) is 2.63. The van der Waals surface area contributed by atoms with Crippen molar-refractivity contribution >= 4 is 26.9 Å². The van der Waals surface area contributed by atoms with Gasteiger partial charge in [0.2, 0.25) is 5.95 Å². The first-order valence-corrected chi connectivity index (χ1v) is 7.77. The predicted octanol–water partition coefficient (Wildman–Crippen LogP) is 1.13. The van der Waals surface area contributed by atoms with Crippen LogP contribution in [0.2, 0.25) is 0 Å². The third-order valence-electron chi connectivity index (χ3n) is 2.74. The van der Waals surface area contributed by atoms with E-state index in [1.807, 2.05) is 0 Å². The van der Waals surface area contributed by atoms with Crippen LogP contribution in [0, 0.1) is 0 Å². The molecule has 3 aromatic rings. The summed E-state index contributed by atoms with van der Waals surface area (Å²) < 4.78 is 28.4. The molecule has 9 heteroatoms. The average Bonchev–Trinajstić information content (AvgIpc) is 2.86. The van der Waals surface area contributed by atoms with Crippen molar-refractivity contribution in [3.63, 3.8) is 0 Å². The number of hydrogen-bond donors (Lipinski definition) is 2. The minimum atomic E-state index is -3.24. The van der Waals surface area contributed by atoms with E-state index in [-0.39, 0.29) is 16.7 Å². The first-order chi connectivity index (χ1) is 9.93. The van der Waals surface area contributed by atoms with Crippen molar-refractivity contribution in [1.82, 2.24) is 19.9 Å². The highest BCUT2D eigenvalue weighted by atomic mass is 32.2. The quantitative estimate of drug-likeness (QED) is 0.743. The standard InChI is InChI=1S/C12H11N5O3S/c1-21(18,19)8-4-2-7(3-5-8)20-11-9-10(15-6-14-9)16-12(13)17-11/h2-6H,1H3,(H3,13,14,15,16,17). The van der Waals surface area contributed by atoms with Crippen molar-refractivity contribution in [2.45, 2.75) is 4.90 Å². The number of nitrogen functional groups attached to an aromatic ring is 1. The molecule has 3 N–H and O–H groups in total. The van der Waals surface area contributed by atoms with E-state index in [4.69, 9.17) is 10.5 Å². The van der Waals surface area contributed by atoms with Gasteiger partial charge < -0.3 is 15.5 Å². The van der Waals surface area contributed by atoms with E-state index in [9.17, 15) is 8.42 Å². The fourth-order valence-corrected chi connectivity index (χ4v) is 2.39. The largest absolute Gasteiger partial charge is 0.437 e. The van der Waals surface area contributed by atoms with Crippen molar-refractivity contribution in [1.29, 1.82) is 0 Å². The van der Waals surface area contributed by atoms with E-state index in [1.54, 1.807) is 0 Å². The van der Waals surface area contributed by atoms with E-state index >= 15 is 0 Å². The topological polar surface area (TPSA) is 124 Å². The molecule has 108 valence electrons. The molecule has 0 fully saturated rings. The molecule has 0 aliphatic carbocycles. The summed E-state index contributed by atoms with van der Waals surface area (Å²) in [7, 11) is -3.24. The molecule has 2 heterocycles. The van der Waals surface area contributed by atoms with Gasteiger partial charge in [0.25, 0.3) is 5.88 Å². The van der Waals surface area contributed by atoms with Crippen LogP contribution in [-0.2, 0) is 9.84 Å². The lowest BCUT2D eigenvalue weighted by Gasteiger charge is -2.06. The molecule has 0 unspecified atom stereocenters. The van der Waals surface area contributed by atoms with Crippen LogP contribution in [-0.4, -0.2) is 34.6 Å². The Hall–Kier alpha value is -2.68. The van der Waals surface area contributed by atoms with Gasteiger partial charge in [0, 0.05) is 6.26 Å². The van der Waals surface area contributed by atoms with Crippen LogP contribution in [0.1, 0.15) is 0 Å². The summed E-state index contributed by atoms with van der Waals surface area (Å²) in [5.74, 6) is 0.691. The summed E-state index contributed by atoms with van der Waals surface area (Å²) in [5, 5.41) is 0. The molecular formula is C12H11N5O3S. The molecule has 0 atom stereocenters. The number of sulfone groups is 1. The number of aromatic amines is 1. The molecule has 2 aromatic heterocycles. The minimum absolute atomic E-state index is 0.0392. The Morgan fingerprint density at radius 2 is 1.90 bits per heavy atom. The van der Waals surface area contributed by atoms with E-state index < -0.39 is 9.84 Å². The van der Waals surface area contributed by atoms with Crippen molar-refractivity contribution in [3.8, 4) is 11.6 Å². The maximum absolute atomic E-state index is 11.4. The Morgan fingerprint density at radius 3 is 2.57 bits per heavy atom. The molecule has 21 heavy (non-hydrogen) atoms. The second kappa shape index (κ2) is 4.70. The minimum Gasteiger partial charge on any atom is -0.437 e. The molecule has 0 bridgehead atoms. The molecule has 8 nitrogen and oxygen atoms in total. The lowest BCUT2D eigenvalue weighted by molar-refractivity contribution is 0.467. The van der Waals surface area contributed by atoms with Gasteiger partial charge in [-0.15, -0.1) is 0 Å².